The van der Waals surface area contributed by atoms with Crippen LogP contribution in [0.3, 0.4) is 0 Å². The van der Waals surface area contributed by atoms with E-state index in [0.717, 1.165) is 5.75 Å². The molecule has 0 aliphatic carbocycles. The highest BCUT2D eigenvalue weighted by Gasteiger charge is 2.19. The van der Waals surface area contributed by atoms with Crippen LogP contribution < -0.4 is 11.3 Å². The molecule has 0 aliphatic rings. The number of amides is 1. The van der Waals surface area contributed by atoms with E-state index in [0.29, 0.717) is 0 Å². The number of rotatable bonds is 5. The first-order chi connectivity index (χ1) is 8.43. The Morgan fingerprint density at radius 2 is 1.83 bits per heavy atom. The van der Waals surface area contributed by atoms with Crippen LogP contribution in [0.4, 0.5) is 0 Å². The normalized spacial score (nSPS) is 14.1. The number of hydrazine groups is 1. The molecule has 3 N–H and O–H groups in total. The van der Waals surface area contributed by atoms with E-state index in [4.69, 9.17) is 5.84 Å². The summed E-state index contributed by atoms with van der Waals surface area (Å²) in [6.07, 6.45) is 0. The molecule has 0 saturated heterocycles. The predicted molar refractivity (Wildman–Crippen MR) is 78.2 cm³/mol. The van der Waals surface area contributed by atoms with Crippen LogP contribution in [0.5, 0.6) is 0 Å². The van der Waals surface area contributed by atoms with Crippen molar-refractivity contribution < 1.29 is 4.79 Å². The van der Waals surface area contributed by atoms with Gasteiger partial charge in [-0.3, -0.25) is 10.2 Å². The van der Waals surface area contributed by atoms with Gasteiger partial charge < -0.3 is 0 Å². The van der Waals surface area contributed by atoms with Gasteiger partial charge in [0.2, 0.25) is 5.91 Å². The molecule has 1 rings (SSSR count). The number of benzene rings is 1. The fourth-order valence-corrected chi connectivity index (χ4v) is 2.90. The number of hydrogen-bond donors (Lipinski definition) is 2. The highest BCUT2D eigenvalue weighted by Crippen LogP contribution is 2.24. The molecule has 0 radical (unpaired) electrons. The maximum Gasteiger partial charge on any atom is 0.237 e. The summed E-state index contributed by atoms with van der Waals surface area (Å²) >= 11 is 1.78. The molecule has 2 atom stereocenters. The summed E-state index contributed by atoms with van der Waals surface area (Å²) in [5, 5.41) is 0.245. The Bertz CT molecular complexity index is 400. The van der Waals surface area contributed by atoms with Gasteiger partial charge in [0.05, 0.1) is 0 Å². The molecule has 0 bridgehead atoms. The highest BCUT2D eigenvalue weighted by molar-refractivity contribution is 7.99. The molecule has 0 saturated carbocycles. The molecule has 0 aromatic heterocycles. The second-order valence-electron chi connectivity index (χ2n) is 4.81. The monoisotopic (exact) mass is 266 g/mol. The topological polar surface area (TPSA) is 55.1 Å². The molecule has 100 valence electrons. The van der Waals surface area contributed by atoms with Crippen LogP contribution in [0.25, 0.3) is 0 Å². The van der Waals surface area contributed by atoms with Gasteiger partial charge in [-0.2, -0.15) is 11.8 Å². The number of aryl methyl sites for hydroxylation is 2. The van der Waals surface area contributed by atoms with E-state index in [1.54, 1.807) is 11.8 Å². The molecule has 0 fully saturated rings. The van der Waals surface area contributed by atoms with Gasteiger partial charge in [-0.25, -0.2) is 5.84 Å². The van der Waals surface area contributed by atoms with Gasteiger partial charge in [-0.1, -0.05) is 43.2 Å². The first kappa shape index (κ1) is 15.1. The van der Waals surface area contributed by atoms with E-state index in [1.807, 2.05) is 6.92 Å². The summed E-state index contributed by atoms with van der Waals surface area (Å²) in [6, 6.07) is 6.56. The first-order valence-electron chi connectivity index (χ1n) is 6.13. The molecule has 1 aromatic carbocycles. The molecule has 0 heterocycles. The third kappa shape index (κ3) is 4.35. The minimum atomic E-state index is -0.101. The van der Waals surface area contributed by atoms with Crippen molar-refractivity contribution in [3.8, 4) is 0 Å². The molecule has 0 spiro atoms. The van der Waals surface area contributed by atoms with Crippen molar-refractivity contribution in [1.82, 2.24) is 5.43 Å². The second-order valence-corrected chi connectivity index (χ2v) is 6.17. The molecular weight excluding hydrogens is 244 g/mol. The predicted octanol–water partition coefficient (Wildman–Crippen LogP) is 2.55. The largest absolute Gasteiger partial charge is 0.294 e. The standard InChI is InChI=1S/C14H22N2OS/c1-9-5-10(2)7-13(6-9)8-18-12(4)11(3)14(17)16-15/h5-7,11-12H,8,15H2,1-4H3,(H,16,17). The maximum absolute atomic E-state index is 11.4. The summed E-state index contributed by atoms with van der Waals surface area (Å²) in [7, 11) is 0. The van der Waals surface area contributed by atoms with Gasteiger partial charge in [-0.05, 0) is 19.4 Å². The lowest BCUT2D eigenvalue weighted by atomic mass is 10.1. The summed E-state index contributed by atoms with van der Waals surface area (Å²) in [5.74, 6) is 5.89. The van der Waals surface area contributed by atoms with Crippen molar-refractivity contribution in [2.24, 2.45) is 11.8 Å². The number of nitrogens with two attached hydrogens (primary N) is 1. The van der Waals surface area contributed by atoms with E-state index in [1.165, 1.54) is 16.7 Å². The molecule has 3 nitrogen and oxygen atoms in total. The lowest BCUT2D eigenvalue weighted by Gasteiger charge is -2.18. The van der Waals surface area contributed by atoms with Crippen LogP contribution in [0.1, 0.15) is 30.5 Å². The fourth-order valence-electron chi connectivity index (χ4n) is 1.87. The summed E-state index contributed by atoms with van der Waals surface area (Å²) in [4.78, 5) is 11.4. The molecular formula is C14H22N2OS. The number of hydrogen-bond acceptors (Lipinski definition) is 3. The Labute approximate surface area is 113 Å². The van der Waals surface area contributed by atoms with Gasteiger partial charge in [0.25, 0.3) is 0 Å². The maximum atomic E-state index is 11.4. The van der Waals surface area contributed by atoms with E-state index in [9.17, 15) is 4.79 Å². The minimum Gasteiger partial charge on any atom is -0.294 e. The zero-order valence-electron chi connectivity index (χ0n) is 11.5. The Kier molecular flexibility index (Phi) is 5.69. The molecule has 0 aliphatic heterocycles. The zero-order chi connectivity index (χ0) is 13.7. The van der Waals surface area contributed by atoms with Crippen LogP contribution >= 0.6 is 11.8 Å². The lowest BCUT2D eigenvalue weighted by molar-refractivity contribution is -0.124. The SMILES string of the molecule is Cc1cc(C)cc(CSC(C)C(C)C(=O)NN)c1. The van der Waals surface area contributed by atoms with Crippen molar-refractivity contribution in [2.75, 3.05) is 0 Å². The van der Waals surface area contributed by atoms with Crippen LogP contribution in [-0.2, 0) is 10.5 Å². The lowest BCUT2D eigenvalue weighted by Crippen LogP contribution is -2.38. The van der Waals surface area contributed by atoms with Gasteiger partial charge >= 0.3 is 0 Å². The van der Waals surface area contributed by atoms with E-state index in [2.05, 4.69) is 44.4 Å². The molecule has 1 amide bonds. The van der Waals surface area contributed by atoms with Crippen molar-refractivity contribution in [2.45, 2.75) is 38.7 Å². The van der Waals surface area contributed by atoms with Crippen molar-refractivity contribution in [1.29, 1.82) is 0 Å². The van der Waals surface area contributed by atoms with E-state index < -0.39 is 0 Å². The Morgan fingerprint density at radius 1 is 1.28 bits per heavy atom. The Morgan fingerprint density at radius 3 is 2.33 bits per heavy atom. The van der Waals surface area contributed by atoms with Crippen molar-refractivity contribution >= 4 is 17.7 Å². The van der Waals surface area contributed by atoms with Crippen LogP contribution in [0, 0.1) is 19.8 Å². The van der Waals surface area contributed by atoms with Gasteiger partial charge in [-0.15, -0.1) is 0 Å². The van der Waals surface area contributed by atoms with Crippen molar-refractivity contribution in [3.63, 3.8) is 0 Å². The summed E-state index contributed by atoms with van der Waals surface area (Å²) in [6.45, 7) is 8.18. The zero-order valence-corrected chi connectivity index (χ0v) is 12.3. The number of carbonyl (C=O) groups is 1. The van der Waals surface area contributed by atoms with E-state index in [-0.39, 0.29) is 17.1 Å². The summed E-state index contributed by atoms with van der Waals surface area (Å²) in [5.41, 5.74) is 6.09. The Balaban J connectivity index is 2.56. The molecule has 4 heteroatoms. The van der Waals surface area contributed by atoms with Gasteiger partial charge in [0, 0.05) is 16.9 Å². The average molecular weight is 266 g/mol. The average Bonchev–Trinajstić information content (AvgIpc) is 2.32. The van der Waals surface area contributed by atoms with Crippen LogP contribution in [-0.4, -0.2) is 11.2 Å². The van der Waals surface area contributed by atoms with E-state index >= 15 is 0 Å². The third-order valence-electron chi connectivity index (χ3n) is 3.05. The quantitative estimate of drug-likeness (QED) is 0.489. The number of nitrogens with one attached hydrogen (secondary N) is 1. The van der Waals surface area contributed by atoms with Crippen LogP contribution in [0.2, 0.25) is 0 Å². The molecule has 18 heavy (non-hydrogen) atoms. The fraction of sp³-hybridized carbons (Fsp3) is 0.500. The first-order valence-corrected chi connectivity index (χ1v) is 7.18. The van der Waals surface area contributed by atoms with Crippen molar-refractivity contribution in [3.05, 3.63) is 34.9 Å². The Hall–Kier alpha value is -1.00. The second kappa shape index (κ2) is 6.81. The number of carbonyl (C=O) groups excluding carboxylic acids is 1. The molecule has 2 unspecified atom stereocenters. The van der Waals surface area contributed by atoms with Gasteiger partial charge in [0.1, 0.15) is 0 Å². The minimum absolute atomic E-state index is 0.0779. The summed E-state index contributed by atoms with van der Waals surface area (Å²) < 4.78 is 0. The highest BCUT2D eigenvalue weighted by atomic mass is 32.2. The van der Waals surface area contributed by atoms with Crippen LogP contribution in [0.15, 0.2) is 18.2 Å². The molecule has 1 aromatic rings. The number of thioether (sulfide) groups is 1. The van der Waals surface area contributed by atoms with Gasteiger partial charge in [0.15, 0.2) is 0 Å². The third-order valence-corrected chi connectivity index (χ3v) is 4.49. The smallest absolute Gasteiger partial charge is 0.237 e.